The van der Waals surface area contributed by atoms with Crippen LogP contribution in [-0.2, 0) is 4.79 Å². The number of amides is 2. The van der Waals surface area contributed by atoms with Gasteiger partial charge in [-0.05, 0) is 49.7 Å². The summed E-state index contributed by atoms with van der Waals surface area (Å²) in [5.41, 5.74) is 2.36. The zero-order valence-electron chi connectivity index (χ0n) is 14.0. The van der Waals surface area contributed by atoms with Crippen LogP contribution in [0.4, 0.5) is 5.69 Å². The SMILES string of the molecule is Cc1ccc(Cl)cc1N1CCN(C(=O)c2cccc(Br)c2)[C@H](C)C1=O. The van der Waals surface area contributed by atoms with E-state index in [1.165, 1.54) is 0 Å². The average Bonchev–Trinajstić information content (AvgIpc) is 2.59. The molecule has 1 atom stereocenters. The van der Waals surface area contributed by atoms with Crippen molar-refractivity contribution in [2.45, 2.75) is 19.9 Å². The van der Waals surface area contributed by atoms with Gasteiger partial charge in [-0.25, -0.2) is 0 Å². The van der Waals surface area contributed by atoms with Crippen LogP contribution in [0.1, 0.15) is 22.8 Å². The predicted octanol–water partition coefficient (Wildman–Crippen LogP) is 4.29. The lowest BCUT2D eigenvalue weighted by Crippen LogP contribution is -2.57. The van der Waals surface area contributed by atoms with Crippen molar-refractivity contribution < 1.29 is 9.59 Å². The van der Waals surface area contributed by atoms with E-state index in [1.807, 2.05) is 25.1 Å². The molecule has 1 aliphatic heterocycles. The van der Waals surface area contributed by atoms with Crippen LogP contribution < -0.4 is 4.90 Å². The van der Waals surface area contributed by atoms with Crippen molar-refractivity contribution in [1.29, 1.82) is 0 Å². The van der Waals surface area contributed by atoms with E-state index in [4.69, 9.17) is 11.6 Å². The van der Waals surface area contributed by atoms with E-state index in [1.54, 1.807) is 41.0 Å². The maximum atomic E-state index is 12.9. The highest BCUT2D eigenvalue weighted by molar-refractivity contribution is 9.10. The Morgan fingerprint density at radius 2 is 1.96 bits per heavy atom. The maximum Gasteiger partial charge on any atom is 0.254 e. The Morgan fingerprint density at radius 3 is 2.68 bits per heavy atom. The molecule has 2 amide bonds. The smallest absolute Gasteiger partial charge is 0.254 e. The maximum absolute atomic E-state index is 12.9. The van der Waals surface area contributed by atoms with E-state index in [0.29, 0.717) is 23.7 Å². The second kappa shape index (κ2) is 7.18. The van der Waals surface area contributed by atoms with Gasteiger partial charge in [-0.15, -0.1) is 0 Å². The number of rotatable bonds is 2. The van der Waals surface area contributed by atoms with Crippen LogP contribution in [0.5, 0.6) is 0 Å². The van der Waals surface area contributed by atoms with E-state index in [2.05, 4.69) is 15.9 Å². The lowest BCUT2D eigenvalue weighted by Gasteiger charge is -2.39. The third-order valence-corrected chi connectivity index (χ3v) is 5.18. The number of hydrogen-bond donors (Lipinski definition) is 0. The van der Waals surface area contributed by atoms with Crippen molar-refractivity contribution in [2.24, 2.45) is 0 Å². The third kappa shape index (κ3) is 3.58. The van der Waals surface area contributed by atoms with Crippen LogP contribution in [0.15, 0.2) is 46.9 Å². The molecule has 4 nitrogen and oxygen atoms in total. The van der Waals surface area contributed by atoms with Gasteiger partial charge in [0.2, 0.25) is 5.91 Å². The fourth-order valence-corrected chi connectivity index (χ4v) is 3.61. The molecule has 0 N–H and O–H groups in total. The quantitative estimate of drug-likeness (QED) is 0.726. The molecule has 2 aromatic rings. The number of hydrogen-bond acceptors (Lipinski definition) is 2. The van der Waals surface area contributed by atoms with E-state index < -0.39 is 6.04 Å². The fourth-order valence-electron chi connectivity index (χ4n) is 3.05. The van der Waals surface area contributed by atoms with Crippen LogP contribution in [0.3, 0.4) is 0 Å². The summed E-state index contributed by atoms with van der Waals surface area (Å²) in [5.74, 6) is -0.232. The molecule has 2 aromatic carbocycles. The lowest BCUT2D eigenvalue weighted by atomic mass is 10.1. The molecule has 0 bridgehead atoms. The summed E-state index contributed by atoms with van der Waals surface area (Å²) in [7, 11) is 0. The topological polar surface area (TPSA) is 40.6 Å². The highest BCUT2D eigenvalue weighted by Gasteiger charge is 2.35. The lowest BCUT2D eigenvalue weighted by molar-refractivity contribution is -0.124. The molecular formula is C19H18BrClN2O2. The number of aryl methyl sites for hydroxylation is 1. The van der Waals surface area contributed by atoms with Gasteiger partial charge in [0.25, 0.3) is 5.91 Å². The molecule has 6 heteroatoms. The Labute approximate surface area is 160 Å². The summed E-state index contributed by atoms with van der Waals surface area (Å²) < 4.78 is 0.838. The van der Waals surface area contributed by atoms with Gasteiger partial charge in [0.15, 0.2) is 0 Å². The molecule has 1 saturated heterocycles. The second-order valence-corrected chi connectivity index (χ2v) is 7.46. The number of halogens is 2. The zero-order chi connectivity index (χ0) is 18.1. The summed E-state index contributed by atoms with van der Waals surface area (Å²) >= 11 is 9.47. The van der Waals surface area contributed by atoms with Crippen molar-refractivity contribution in [3.05, 3.63) is 63.1 Å². The van der Waals surface area contributed by atoms with Gasteiger partial charge in [-0.3, -0.25) is 9.59 Å². The summed E-state index contributed by atoms with van der Waals surface area (Å²) in [6, 6.07) is 12.2. The van der Waals surface area contributed by atoms with Gasteiger partial charge in [0.05, 0.1) is 0 Å². The van der Waals surface area contributed by atoms with Crippen LogP contribution in [0, 0.1) is 6.92 Å². The standard InChI is InChI=1S/C19H18BrClN2O2/c1-12-6-7-16(21)11-17(12)23-9-8-22(13(2)18(23)24)19(25)14-4-3-5-15(20)10-14/h3-7,10-11,13H,8-9H2,1-2H3/t13-/m1/s1. The Morgan fingerprint density at radius 1 is 1.20 bits per heavy atom. The molecule has 3 rings (SSSR count). The van der Waals surface area contributed by atoms with Gasteiger partial charge in [-0.1, -0.05) is 39.7 Å². The highest BCUT2D eigenvalue weighted by Crippen LogP contribution is 2.28. The summed E-state index contributed by atoms with van der Waals surface area (Å²) in [5, 5.41) is 0.591. The molecule has 0 radical (unpaired) electrons. The minimum absolute atomic E-state index is 0.0973. The van der Waals surface area contributed by atoms with E-state index >= 15 is 0 Å². The molecule has 1 aliphatic rings. The number of nitrogens with zero attached hydrogens (tertiary/aromatic N) is 2. The number of anilines is 1. The van der Waals surface area contributed by atoms with Crippen LogP contribution in [-0.4, -0.2) is 35.8 Å². The predicted molar refractivity (Wildman–Crippen MR) is 103 cm³/mol. The number of piperazine rings is 1. The Bertz CT molecular complexity index is 840. The molecule has 1 heterocycles. The molecule has 0 saturated carbocycles. The van der Waals surface area contributed by atoms with Gasteiger partial charge < -0.3 is 9.80 Å². The van der Waals surface area contributed by atoms with Crippen molar-refractivity contribution in [1.82, 2.24) is 4.90 Å². The molecule has 25 heavy (non-hydrogen) atoms. The summed E-state index contributed by atoms with van der Waals surface area (Å²) in [6.07, 6.45) is 0. The first-order chi connectivity index (χ1) is 11.9. The van der Waals surface area contributed by atoms with Crippen molar-refractivity contribution in [3.8, 4) is 0 Å². The zero-order valence-corrected chi connectivity index (χ0v) is 16.3. The molecule has 130 valence electrons. The minimum Gasteiger partial charge on any atom is -0.325 e. The molecule has 0 unspecified atom stereocenters. The first kappa shape index (κ1) is 18.0. The number of carbonyl (C=O) groups is 2. The highest BCUT2D eigenvalue weighted by atomic mass is 79.9. The Balaban J connectivity index is 1.84. The Kier molecular flexibility index (Phi) is 5.16. The monoisotopic (exact) mass is 420 g/mol. The van der Waals surface area contributed by atoms with Crippen molar-refractivity contribution in [3.63, 3.8) is 0 Å². The van der Waals surface area contributed by atoms with Crippen molar-refractivity contribution >= 4 is 45.0 Å². The summed E-state index contributed by atoms with van der Waals surface area (Å²) in [6.45, 7) is 4.64. The van der Waals surface area contributed by atoms with E-state index in [9.17, 15) is 9.59 Å². The van der Waals surface area contributed by atoms with E-state index in [-0.39, 0.29) is 11.8 Å². The van der Waals surface area contributed by atoms with Gasteiger partial charge >= 0.3 is 0 Å². The molecule has 0 spiro atoms. The minimum atomic E-state index is -0.529. The first-order valence-electron chi connectivity index (χ1n) is 8.02. The normalized spacial score (nSPS) is 17.8. The first-order valence-corrected chi connectivity index (χ1v) is 9.19. The largest absolute Gasteiger partial charge is 0.325 e. The summed E-state index contributed by atoms with van der Waals surface area (Å²) in [4.78, 5) is 29.0. The fraction of sp³-hybridized carbons (Fsp3) is 0.263. The van der Waals surface area contributed by atoms with Crippen molar-refractivity contribution in [2.75, 3.05) is 18.0 Å². The molecule has 0 aliphatic carbocycles. The van der Waals surface area contributed by atoms with Gasteiger partial charge in [-0.2, -0.15) is 0 Å². The van der Waals surface area contributed by atoms with Crippen LogP contribution >= 0.6 is 27.5 Å². The van der Waals surface area contributed by atoms with Crippen LogP contribution in [0.25, 0.3) is 0 Å². The number of benzene rings is 2. The van der Waals surface area contributed by atoms with Gasteiger partial charge in [0.1, 0.15) is 6.04 Å². The van der Waals surface area contributed by atoms with Crippen LogP contribution in [0.2, 0.25) is 5.02 Å². The van der Waals surface area contributed by atoms with E-state index in [0.717, 1.165) is 15.7 Å². The average molecular weight is 422 g/mol. The third-order valence-electron chi connectivity index (χ3n) is 4.45. The van der Waals surface area contributed by atoms with Gasteiger partial charge in [0, 0.05) is 33.8 Å². The molecule has 0 aromatic heterocycles. The number of carbonyl (C=O) groups excluding carboxylic acids is 2. The Hall–Kier alpha value is -1.85. The second-order valence-electron chi connectivity index (χ2n) is 6.11. The molecule has 1 fully saturated rings. The molecular weight excluding hydrogens is 404 g/mol.